The highest BCUT2D eigenvalue weighted by atomic mass is 32.2. The molecule has 5 rings (SSSR count). The number of nitrogens with two attached hydrogens (primary N) is 3. The number of carbonyl (C=O) groups is 2. The van der Waals surface area contributed by atoms with Gasteiger partial charge in [-0.25, -0.2) is 0 Å². The average molecular weight is 584 g/mol. The minimum absolute atomic E-state index is 0.0293. The summed E-state index contributed by atoms with van der Waals surface area (Å²) >= 11 is 1.79. The van der Waals surface area contributed by atoms with Crippen molar-refractivity contribution in [3.63, 3.8) is 0 Å². The van der Waals surface area contributed by atoms with E-state index in [1.54, 1.807) is 17.8 Å². The van der Waals surface area contributed by atoms with Crippen molar-refractivity contribution in [2.45, 2.75) is 85.8 Å². The van der Waals surface area contributed by atoms with Gasteiger partial charge < -0.3 is 42.0 Å². The highest BCUT2D eigenvalue weighted by Gasteiger charge is 2.51. The number of thioether (sulfide) groups is 1. The maximum atomic E-state index is 12.9. The number of morpholine rings is 1. The number of quaternary nitrogens is 1. The van der Waals surface area contributed by atoms with E-state index in [2.05, 4.69) is 26.6 Å². The second kappa shape index (κ2) is 13.7. The van der Waals surface area contributed by atoms with Crippen molar-refractivity contribution >= 4 is 23.5 Å². The molecule has 1 saturated carbocycles. The molecule has 226 valence electrons. The summed E-state index contributed by atoms with van der Waals surface area (Å²) < 4.78 is 17.8. The molecule has 14 heteroatoms. The summed E-state index contributed by atoms with van der Waals surface area (Å²) in [6.45, 7) is 3.61. The molecule has 40 heavy (non-hydrogen) atoms. The third kappa shape index (κ3) is 6.93. The lowest BCUT2D eigenvalue weighted by molar-refractivity contribution is -0.431. The predicted molar refractivity (Wildman–Crippen MR) is 150 cm³/mol. The van der Waals surface area contributed by atoms with Crippen molar-refractivity contribution in [1.82, 2.24) is 20.9 Å². The number of hydrogen-bond donors (Lipinski definition) is 7. The van der Waals surface area contributed by atoms with Crippen molar-refractivity contribution < 1.29 is 29.5 Å². The van der Waals surface area contributed by atoms with Gasteiger partial charge in [0.1, 0.15) is 6.10 Å². The van der Waals surface area contributed by atoms with E-state index in [1.165, 1.54) is 12.8 Å². The molecule has 5 aliphatic rings. The molecule has 4 heterocycles. The van der Waals surface area contributed by atoms with Crippen LogP contribution in [0.2, 0.25) is 0 Å². The van der Waals surface area contributed by atoms with E-state index < -0.39 is 30.3 Å². The Kier molecular flexibility index (Phi) is 10.2. The van der Waals surface area contributed by atoms with Crippen molar-refractivity contribution in [1.29, 1.82) is 0 Å². The number of fused-ring (bicyclic) bond motifs is 1. The summed E-state index contributed by atoms with van der Waals surface area (Å²) in [6.07, 6.45) is 5.72. The third-order valence-corrected chi connectivity index (χ3v) is 10.5. The van der Waals surface area contributed by atoms with E-state index in [9.17, 15) is 9.59 Å². The molecule has 12 N–H and O–H groups in total. The quantitative estimate of drug-likeness (QED) is 0.124. The van der Waals surface area contributed by atoms with Crippen LogP contribution in [0.4, 0.5) is 0 Å². The number of carbonyl (C=O) groups excluding carboxylic acids is 2. The highest BCUT2D eigenvalue weighted by Crippen LogP contribution is 2.44. The Morgan fingerprint density at radius 2 is 1.95 bits per heavy atom. The van der Waals surface area contributed by atoms with E-state index in [0.29, 0.717) is 57.5 Å². The van der Waals surface area contributed by atoms with Crippen LogP contribution in [-0.2, 0) is 23.8 Å². The molecule has 0 spiro atoms. The van der Waals surface area contributed by atoms with Gasteiger partial charge >= 0.3 is 0 Å². The first-order chi connectivity index (χ1) is 19.3. The van der Waals surface area contributed by atoms with Crippen molar-refractivity contribution in [3.8, 4) is 0 Å². The molecule has 3 saturated heterocycles. The first-order valence-electron chi connectivity index (χ1n) is 14.7. The number of ether oxygens (including phenoxy) is 3. The standard InChI is InChI=1S/C26H46N8O5S/c27-15-3-1-2-4-16(15)31-13-32-26(21(24(28)29)25(30)36)33-19-6-5-18(40-19)14-12-38-23-17(35)11-20(39-22(14)23)34-7-9-37-10-8-34/h11,14-16,18-19,21-24,26,31-33H,1-10,12-13,27-29H2,(H2,30,36)/p+1/t14?,15-,16+,18?,19?,21?,22?,23?,26?/m1/s1. The highest BCUT2D eigenvalue weighted by molar-refractivity contribution is 8.00. The van der Waals surface area contributed by atoms with Crippen molar-refractivity contribution in [2.24, 2.45) is 29.0 Å². The maximum absolute atomic E-state index is 12.9. The monoisotopic (exact) mass is 583 g/mol. The molecule has 0 aromatic rings. The fourth-order valence-electron chi connectivity index (χ4n) is 6.61. The Balaban J connectivity index is 1.19. The molecule has 0 aromatic heterocycles. The van der Waals surface area contributed by atoms with Gasteiger partial charge in [0.25, 0.3) is 0 Å². The number of nitrogens with zero attached hydrogens (tertiary/aromatic N) is 1. The largest absolute Gasteiger partial charge is 0.472 e. The van der Waals surface area contributed by atoms with Gasteiger partial charge in [0.15, 0.2) is 17.8 Å². The average Bonchev–Trinajstić information content (AvgIpc) is 3.57. The van der Waals surface area contributed by atoms with Crippen LogP contribution in [0, 0.1) is 11.8 Å². The normalized spacial score (nSPS) is 36.2. The zero-order valence-electron chi connectivity index (χ0n) is 23.2. The minimum atomic E-state index is -0.906. The molecule has 0 radical (unpaired) electrons. The lowest BCUT2D eigenvalue weighted by atomic mass is 9.91. The lowest BCUT2D eigenvalue weighted by Gasteiger charge is -2.37. The lowest BCUT2D eigenvalue weighted by Crippen LogP contribution is -2.71. The van der Waals surface area contributed by atoms with Gasteiger partial charge in [-0.3, -0.25) is 25.5 Å². The summed E-state index contributed by atoms with van der Waals surface area (Å²) in [5.41, 5.74) is 22.1. The summed E-state index contributed by atoms with van der Waals surface area (Å²) in [5.74, 6) is -0.659. The Labute approximate surface area is 240 Å². The predicted octanol–water partition coefficient (Wildman–Crippen LogP) is -2.68. The Morgan fingerprint density at radius 3 is 2.67 bits per heavy atom. The first-order valence-corrected chi connectivity index (χ1v) is 15.6. The summed E-state index contributed by atoms with van der Waals surface area (Å²) in [7, 11) is 0. The van der Waals surface area contributed by atoms with E-state index >= 15 is 0 Å². The number of amides is 1. The van der Waals surface area contributed by atoms with Crippen LogP contribution >= 0.6 is 11.8 Å². The molecule has 9 atom stereocenters. The molecular weight excluding hydrogens is 536 g/mol. The van der Waals surface area contributed by atoms with E-state index in [4.69, 9.17) is 31.4 Å². The molecule has 1 aliphatic carbocycles. The van der Waals surface area contributed by atoms with Crippen LogP contribution in [-0.4, -0.2) is 103 Å². The molecule has 0 aromatic carbocycles. The number of rotatable bonds is 11. The second-order valence-electron chi connectivity index (χ2n) is 11.6. The van der Waals surface area contributed by atoms with Gasteiger partial charge in [-0.1, -0.05) is 6.42 Å². The smallest absolute Gasteiger partial charge is 0.226 e. The van der Waals surface area contributed by atoms with Crippen LogP contribution in [0.3, 0.4) is 0 Å². The van der Waals surface area contributed by atoms with Crippen LogP contribution < -0.4 is 38.9 Å². The summed E-state index contributed by atoms with van der Waals surface area (Å²) in [5, 5.41) is 10.8. The molecule has 4 aliphatic heterocycles. The molecule has 0 bridgehead atoms. The topological polar surface area (TPSA) is 207 Å². The summed E-state index contributed by atoms with van der Waals surface area (Å²) in [6, 6.07) is 0.692. The van der Waals surface area contributed by atoms with Gasteiger partial charge in [0.2, 0.25) is 5.91 Å². The van der Waals surface area contributed by atoms with Crippen LogP contribution in [0.15, 0.2) is 12.0 Å². The van der Waals surface area contributed by atoms with E-state index in [-0.39, 0.29) is 28.4 Å². The van der Waals surface area contributed by atoms with E-state index in [0.717, 1.165) is 25.7 Å². The van der Waals surface area contributed by atoms with Crippen LogP contribution in [0.25, 0.3) is 0 Å². The van der Waals surface area contributed by atoms with Gasteiger partial charge in [-0.05, 0) is 25.7 Å². The van der Waals surface area contributed by atoms with Crippen molar-refractivity contribution in [2.75, 3.05) is 39.6 Å². The van der Waals surface area contributed by atoms with Crippen molar-refractivity contribution in [3.05, 3.63) is 12.0 Å². The Hall–Kier alpha value is -1.49. The van der Waals surface area contributed by atoms with E-state index in [1.807, 2.05) is 0 Å². The van der Waals surface area contributed by atoms with Gasteiger partial charge in [-0.2, -0.15) is 0 Å². The van der Waals surface area contributed by atoms with Crippen LogP contribution in [0.5, 0.6) is 0 Å². The SMILES string of the molecule is NC(=O)C(C(N)N)C(NCN[C@H]1CCCC[C@H]1[NH3+])NC1CCC(C2COC3C(=O)C=C(N4CCOCC4)OC32)S1. The fourth-order valence-corrected chi connectivity index (χ4v) is 8.24. The zero-order valence-corrected chi connectivity index (χ0v) is 24.0. The fraction of sp³-hybridized carbons (Fsp3) is 0.846. The minimum Gasteiger partial charge on any atom is -0.472 e. The Bertz CT molecular complexity index is 922. The summed E-state index contributed by atoms with van der Waals surface area (Å²) in [4.78, 5) is 27.3. The number of nitrogens with one attached hydrogen (secondary N) is 3. The number of ketones is 1. The van der Waals surface area contributed by atoms with Gasteiger partial charge in [-0.15, -0.1) is 11.8 Å². The molecule has 4 fully saturated rings. The van der Waals surface area contributed by atoms with Gasteiger partial charge in [0.05, 0.1) is 55.5 Å². The first kappa shape index (κ1) is 30.0. The third-order valence-electron chi connectivity index (χ3n) is 8.91. The second-order valence-corrected chi connectivity index (χ2v) is 13.1. The number of hydrogen-bond acceptors (Lipinski definition) is 12. The molecular formula is C26H47N8O5S+. The zero-order chi connectivity index (χ0) is 28.2. The maximum Gasteiger partial charge on any atom is 0.226 e. The number of primary amides is 1. The molecule has 1 amide bonds. The molecule has 7 unspecified atom stereocenters. The Morgan fingerprint density at radius 1 is 1.18 bits per heavy atom. The molecule has 13 nitrogen and oxygen atoms in total. The van der Waals surface area contributed by atoms with Gasteiger partial charge in [0, 0.05) is 43.4 Å². The van der Waals surface area contributed by atoms with Crippen LogP contribution in [0.1, 0.15) is 38.5 Å².